The molecule has 17 heavy (non-hydrogen) atoms. The average Bonchev–Trinajstić information content (AvgIpc) is 2.26. The van der Waals surface area contributed by atoms with Crippen LogP contribution in [0.4, 0.5) is 5.69 Å². The minimum Gasteiger partial charge on any atom is -0.328 e. The Kier molecular flexibility index (Phi) is 4.84. The van der Waals surface area contributed by atoms with E-state index in [2.05, 4.69) is 5.32 Å². The molecule has 0 fully saturated rings. The SMILES string of the molecule is CC(=O)c1cccc(NC(=O)CCC(C)N)c1. The fourth-order valence-corrected chi connectivity index (χ4v) is 1.40. The average molecular weight is 234 g/mol. The summed E-state index contributed by atoms with van der Waals surface area (Å²) in [6.07, 6.45) is 1.04. The molecule has 0 radical (unpaired) electrons. The predicted octanol–water partition coefficient (Wildman–Crippen LogP) is 1.96. The third-order valence-electron chi connectivity index (χ3n) is 2.38. The summed E-state index contributed by atoms with van der Waals surface area (Å²) in [5.41, 5.74) is 6.81. The summed E-state index contributed by atoms with van der Waals surface area (Å²) in [6, 6.07) is 6.92. The van der Waals surface area contributed by atoms with Gasteiger partial charge in [-0.2, -0.15) is 0 Å². The standard InChI is InChI=1S/C13H18N2O2/c1-9(14)6-7-13(17)15-12-5-3-4-11(8-12)10(2)16/h3-5,8-9H,6-7,14H2,1-2H3,(H,15,17). The summed E-state index contributed by atoms with van der Waals surface area (Å²) in [7, 11) is 0. The first-order valence-electron chi connectivity index (χ1n) is 5.65. The molecular formula is C13H18N2O2. The highest BCUT2D eigenvalue weighted by Crippen LogP contribution is 2.11. The summed E-state index contributed by atoms with van der Waals surface area (Å²) < 4.78 is 0. The maximum atomic E-state index is 11.5. The van der Waals surface area contributed by atoms with Gasteiger partial charge < -0.3 is 11.1 Å². The Labute approximate surface area is 101 Å². The van der Waals surface area contributed by atoms with Gasteiger partial charge in [0.25, 0.3) is 0 Å². The quantitative estimate of drug-likeness (QED) is 0.765. The van der Waals surface area contributed by atoms with Crippen LogP contribution in [0, 0.1) is 0 Å². The van der Waals surface area contributed by atoms with Crippen molar-refractivity contribution < 1.29 is 9.59 Å². The van der Waals surface area contributed by atoms with E-state index in [9.17, 15) is 9.59 Å². The Hall–Kier alpha value is -1.68. The van der Waals surface area contributed by atoms with Crippen LogP contribution in [0.1, 0.15) is 37.0 Å². The second kappa shape index (κ2) is 6.15. The molecule has 0 heterocycles. The zero-order chi connectivity index (χ0) is 12.8. The van der Waals surface area contributed by atoms with Gasteiger partial charge in [0, 0.05) is 23.7 Å². The molecule has 4 nitrogen and oxygen atoms in total. The van der Waals surface area contributed by atoms with Gasteiger partial charge >= 0.3 is 0 Å². The van der Waals surface area contributed by atoms with Crippen LogP contribution in [0.2, 0.25) is 0 Å². The van der Waals surface area contributed by atoms with Gasteiger partial charge in [0.2, 0.25) is 5.91 Å². The molecule has 0 spiro atoms. The van der Waals surface area contributed by atoms with Gasteiger partial charge in [0.15, 0.2) is 5.78 Å². The van der Waals surface area contributed by atoms with Crippen LogP contribution in [0.25, 0.3) is 0 Å². The zero-order valence-electron chi connectivity index (χ0n) is 10.2. The maximum Gasteiger partial charge on any atom is 0.224 e. The first kappa shape index (κ1) is 13.4. The fraction of sp³-hybridized carbons (Fsp3) is 0.385. The van der Waals surface area contributed by atoms with E-state index in [1.807, 2.05) is 6.92 Å². The van der Waals surface area contributed by atoms with Crippen molar-refractivity contribution in [2.45, 2.75) is 32.7 Å². The minimum absolute atomic E-state index is 0.0170. The molecule has 1 aromatic carbocycles. The lowest BCUT2D eigenvalue weighted by atomic mass is 10.1. The topological polar surface area (TPSA) is 72.2 Å². The van der Waals surface area contributed by atoms with Crippen LogP contribution in [0.15, 0.2) is 24.3 Å². The number of nitrogens with one attached hydrogen (secondary N) is 1. The number of Topliss-reactive ketones (excluding diaryl/α,β-unsaturated/α-hetero) is 1. The number of rotatable bonds is 5. The van der Waals surface area contributed by atoms with Crippen molar-refractivity contribution in [2.75, 3.05) is 5.32 Å². The zero-order valence-corrected chi connectivity index (χ0v) is 10.2. The molecule has 4 heteroatoms. The number of carbonyl (C=O) groups is 2. The monoisotopic (exact) mass is 234 g/mol. The molecule has 0 aromatic heterocycles. The van der Waals surface area contributed by atoms with Gasteiger partial charge in [-0.3, -0.25) is 9.59 Å². The molecule has 0 saturated carbocycles. The lowest BCUT2D eigenvalue weighted by Gasteiger charge is -2.07. The first-order chi connectivity index (χ1) is 7.99. The van der Waals surface area contributed by atoms with Crippen molar-refractivity contribution >= 4 is 17.4 Å². The molecule has 1 unspecified atom stereocenters. The Morgan fingerprint density at radius 3 is 2.71 bits per heavy atom. The highest BCUT2D eigenvalue weighted by Gasteiger charge is 2.05. The van der Waals surface area contributed by atoms with Gasteiger partial charge in [-0.25, -0.2) is 0 Å². The highest BCUT2D eigenvalue weighted by atomic mass is 16.1. The second-order valence-electron chi connectivity index (χ2n) is 4.20. The van der Waals surface area contributed by atoms with Crippen LogP contribution in [-0.2, 0) is 4.79 Å². The van der Waals surface area contributed by atoms with Crippen LogP contribution < -0.4 is 11.1 Å². The first-order valence-corrected chi connectivity index (χ1v) is 5.65. The second-order valence-corrected chi connectivity index (χ2v) is 4.20. The molecular weight excluding hydrogens is 216 g/mol. The number of nitrogens with two attached hydrogens (primary N) is 1. The van der Waals surface area contributed by atoms with E-state index in [0.717, 1.165) is 0 Å². The molecule has 92 valence electrons. The third-order valence-corrected chi connectivity index (χ3v) is 2.38. The van der Waals surface area contributed by atoms with Gasteiger partial charge in [0.1, 0.15) is 0 Å². The van der Waals surface area contributed by atoms with Crippen LogP contribution in [-0.4, -0.2) is 17.7 Å². The van der Waals surface area contributed by atoms with Crippen LogP contribution >= 0.6 is 0 Å². The van der Waals surface area contributed by atoms with Gasteiger partial charge in [0.05, 0.1) is 0 Å². The molecule has 0 saturated heterocycles. The summed E-state index contributed by atoms with van der Waals surface area (Å²) in [5, 5.41) is 2.75. The molecule has 0 aliphatic heterocycles. The Bertz CT molecular complexity index is 414. The Morgan fingerprint density at radius 2 is 2.12 bits per heavy atom. The normalized spacial score (nSPS) is 11.9. The van der Waals surface area contributed by atoms with E-state index in [0.29, 0.717) is 24.1 Å². The van der Waals surface area contributed by atoms with Crippen molar-refractivity contribution in [3.63, 3.8) is 0 Å². The maximum absolute atomic E-state index is 11.5. The summed E-state index contributed by atoms with van der Waals surface area (Å²) in [5.74, 6) is -0.0975. The number of ketones is 1. The van der Waals surface area contributed by atoms with Gasteiger partial charge in [-0.15, -0.1) is 0 Å². The van der Waals surface area contributed by atoms with Crippen molar-refractivity contribution in [1.29, 1.82) is 0 Å². The highest BCUT2D eigenvalue weighted by molar-refractivity contribution is 5.97. The number of carbonyl (C=O) groups excluding carboxylic acids is 2. The number of anilines is 1. The Morgan fingerprint density at radius 1 is 1.41 bits per heavy atom. The summed E-state index contributed by atoms with van der Waals surface area (Å²) >= 11 is 0. The third kappa shape index (κ3) is 4.78. The minimum atomic E-state index is -0.0806. The predicted molar refractivity (Wildman–Crippen MR) is 68.0 cm³/mol. The van der Waals surface area contributed by atoms with E-state index >= 15 is 0 Å². The van der Waals surface area contributed by atoms with E-state index in [1.165, 1.54) is 6.92 Å². The van der Waals surface area contributed by atoms with Crippen molar-refractivity contribution in [2.24, 2.45) is 5.73 Å². The smallest absolute Gasteiger partial charge is 0.224 e. The molecule has 0 aliphatic carbocycles. The van der Waals surface area contributed by atoms with E-state index in [-0.39, 0.29) is 17.7 Å². The summed E-state index contributed by atoms with van der Waals surface area (Å²) in [6.45, 7) is 3.36. The van der Waals surface area contributed by atoms with Crippen molar-refractivity contribution in [1.82, 2.24) is 0 Å². The van der Waals surface area contributed by atoms with E-state index in [1.54, 1.807) is 24.3 Å². The van der Waals surface area contributed by atoms with Crippen LogP contribution in [0.3, 0.4) is 0 Å². The molecule has 0 bridgehead atoms. The van der Waals surface area contributed by atoms with E-state index < -0.39 is 0 Å². The number of hydrogen-bond donors (Lipinski definition) is 2. The van der Waals surface area contributed by atoms with Crippen molar-refractivity contribution in [3.8, 4) is 0 Å². The molecule has 1 rings (SSSR count). The molecule has 1 amide bonds. The summed E-state index contributed by atoms with van der Waals surface area (Å²) in [4.78, 5) is 22.7. The van der Waals surface area contributed by atoms with Crippen LogP contribution in [0.5, 0.6) is 0 Å². The largest absolute Gasteiger partial charge is 0.328 e. The molecule has 3 N–H and O–H groups in total. The van der Waals surface area contributed by atoms with E-state index in [4.69, 9.17) is 5.73 Å². The number of hydrogen-bond acceptors (Lipinski definition) is 3. The number of benzene rings is 1. The van der Waals surface area contributed by atoms with Gasteiger partial charge in [-0.1, -0.05) is 12.1 Å². The number of amides is 1. The fourth-order valence-electron chi connectivity index (χ4n) is 1.40. The molecule has 1 atom stereocenters. The van der Waals surface area contributed by atoms with Gasteiger partial charge in [-0.05, 0) is 32.4 Å². The Balaban J connectivity index is 2.59. The molecule has 0 aliphatic rings. The molecule has 1 aromatic rings. The lowest BCUT2D eigenvalue weighted by molar-refractivity contribution is -0.116. The lowest BCUT2D eigenvalue weighted by Crippen LogP contribution is -2.19. The van der Waals surface area contributed by atoms with Crippen molar-refractivity contribution in [3.05, 3.63) is 29.8 Å².